The van der Waals surface area contributed by atoms with Gasteiger partial charge >= 0.3 is 0 Å². The van der Waals surface area contributed by atoms with Crippen molar-refractivity contribution in [3.63, 3.8) is 0 Å². The molecule has 0 radical (unpaired) electrons. The van der Waals surface area contributed by atoms with E-state index in [9.17, 15) is 9.90 Å². The first-order valence-corrected chi connectivity index (χ1v) is 8.02. The standard InChI is InChI=1S/C17H25N3O2/c1-13(21)15(16(18)22)19-11-17(12-19)8-5-9-20(17)10-14-6-3-2-4-7-14/h2-4,6-7,13,15,21H,5,8-12H2,1H3,(H2,18,22). The molecular weight excluding hydrogens is 278 g/mol. The third-order valence-electron chi connectivity index (χ3n) is 5.09. The first-order valence-electron chi connectivity index (χ1n) is 8.02. The molecule has 1 amide bonds. The number of hydrogen-bond acceptors (Lipinski definition) is 4. The minimum atomic E-state index is -0.723. The topological polar surface area (TPSA) is 69.8 Å². The Bertz CT molecular complexity index is 526. The first-order chi connectivity index (χ1) is 10.5. The summed E-state index contributed by atoms with van der Waals surface area (Å²) in [6, 6.07) is 9.93. The number of amides is 1. The zero-order chi connectivity index (χ0) is 15.7. The molecule has 3 N–H and O–H groups in total. The molecule has 2 fully saturated rings. The van der Waals surface area contributed by atoms with Crippen LogP contribution in [0.25, 0.3) is 0 Å². The molecule has 2 aliphatic rings. The largest absolute Gasteiger partial charge is 0.391 e. The van der Waals surface area contributed by atoms with Crippen molar-refractivity contribution in [3.8, 4) is 0 Å². The highest BCUT2D eigenvalue weighted by Gasteiger charge is 2.53. The molecule has 2 atom stereocenters. The molecule has 0 aliphatic carbocycles. The number of primary amides is 1. The summed E-state index contributed by atoms with van der Waals surface area (Å²) in [5, 5.41) is 9.79. The van der Waals surface area contributed by atoms with Crippen molar-refractivity contribution in [1.82, 2.24) is 9.80 Å². The lowest BCUT2D eigenvalue weighted by Gasteiger charge is -2.55. The normalized spacial score (nSPS) is 24.1. The first kappa shape index (κ1) is 15.5. The van der Waals surface area contributed by atoms with E-state index < -0.39 is 18.1 Å². The number of aliphatic hydroxyl groups is 1. The second-order valence-electron chi connectivity index (χ2n) is 6.73. The molecule has 2 heterocycles. The smallest absolute Gasteiger partial charge is 0.237 e. The summed E-state index contributed by atoms with van der Waals surface area (Å²) in [6.07, 6.45) is 1.62. The van der Waals surface area contributed by atoms with Gasteiger partial charge in [0.2, 0.25) is 5.91 Å². The summed E-state index contributed by atoms with van der Waals surface area (Å²) in [4.78, 5) is 16.1. The molecule has 2 saturated heterocycles. The number of nitrogens with two attached hydrogens (primary N) is 1. The van der Waals surface area contributed by atoms with Crippen LogP contribution in [0.15, 0.2) is 30.3 Å². The quantitative estimate of drug-likeness (QED) is 0.834. The molecule has 2 unspecified atom stereocenters. The van der Waals surface area contributed by atoms with Crippen molar-refractivity contribution in [2.45, 2.75) is 44.0 Å². The fourth-order valence-electron chi connectivity index (χ4n) is 4.03. The maximum absolute atomic E-state index is 11.6. The number of nitrogens with zero attached hydrogens (tertiary/aromatic N) is 2. The van der Waals surface area contributed by atoms with E-state index in [0.717, 1.165) is 32.6 Å². The summed E-state index contributed by atoms with van der Waals surface area (Å²) >= 11 is 0. The van der Waals surface area contributed by atoms with Gasteiger partial charge in [0.15, 0.2) is 0 Å². The van der Waals surface area contributed by atoms with Gasteiger partial charge in [-0.05, 0) is 31.9 Å². The van der Waals surface area contributed by atoms with E-state index in [1.54, 1.807) is 6.92 Å². The van der Waals surface area contributed by atoms with Gasteiger partial charge in [0.05, 0.1) is 6.10 Å². The maximum atomic E-state index is 11.6. The van der Waals surface area contributed by atoms with Crippen molar-refractivity contribution >= 4 is 5.91 Å². The molecule has 120 valence electrons. The van der Waals surface area contributed by atoms with Crippen LogP contribution in [-0.2, 0) is 11.3 Å². The zero-order valence-electron chi connectivity index (χ0n) is 13.1. The van der Waals surface area contributed by atoms with Gasteiger partial charge in [0.25, 0.3) is 0 Å². The van der Waals surface area contributed by atoms with Crippen LogP contribution in [0.2, 0.25) is 0 Å². The summed E-state index contributed by atoms with van der Waals surface area (Å²) in [5.74, 6) is -0.433. The van der Waals surface area contributed by atoms with Gasteiger partial charge in [-0.25, -0.2) is 0 Å². The lowest BCUT2D eigenvalue weighted by molar-refractivity contribution is -0.137. The molecule has 1 spiro atoms. The highest BCUT2D eigenvalue weighted by Crippen LogP contribution is 2.39. The molecule has 1 aromatic rings. The van der Waals surface area contributed by atoms with E-state index in [1.165, 1.54) is 12.0 Å². The van der Waals surface area contributed by atoms with Gasteiger partial charge in [-0.1, -0.05) is 30.3 Å². The third-order valence-corrected chi connectivity index (χ3v) is 5.09. The van der Waals surface area contributed by atoms with Crippen molar-refractivity contribution in [1.29, 1.82) is 0 Å². The van der Waals surface area contributed by atoms with Crippen molar-refractivity contribution < 1.29 is 9.90 Å². The number of hydrogen-bond donors (Lipinski definition) is 2. The summed E-state index contributed by atoms with van der Waals surface area (Å²) < 4.78 is 0. The van der Waals surface area contributed by atoms with E-state index in [0.29, 0.717) is 0 Å². The molecule has 5 heteroatoms. The summed E-state index contributed by atoms with van der Waals surface area (Å²) in [6.45, 7) is 5.32. The maximum Gasteiger partial charge on any atom is 0.237 e. The van der Waals surface area contributed by atoms with E-state index in [-0.39, 0.29) is 5.54 Å². The van der Waals surface area contributed by atoms with Gasteiger partial charge < -0.3 is 10.8 Å². The van der Waals surface area contributed by atoms with Crippen LogP contribution in [0.5, 0.6) is 0 Å². The predicted octanol–water partition coefficient (Wildman–Crippen LogP) is 0.572. The van der Waals surface area contributed by atoms with Crippen LogP contribution in [0.3, 0.4) is 0 Å². The highest BCUT2D eigenvalue weighted by atomic mass is 16.3. The Morgan fingerprint density at radius 2 is 2.05 bits per heavy atom. The van der Waals surface area contributed by atoms with Crippen LogP contribution < -0.4 is 5.73 Å². The number of carbonyl (C=O) groups is 1. The van der Waals surface area contributed by atoms with E-state index >= 15 is 0 Å². The molecule has 1 aromatic carbocycles. The van der Waals surface area contributed by atoms with Crippen molar-refractivity contribution in [2.24, 2.45) is 5.73 Å². The third kappa shape index (κ3) is 2.76. The van der Waals surface area contributed by atoms with Crippen LogP contribution >= 0.6 is 0 Å². The van der Waals surface area contributed by atoms with Crippen LogP contribution in [0, 0.1) is 0 Å². The second-order valence-corrected chi connectivity index (χ2v) is 6.73. The van der Waals surface area contributed by atoms with Crippen molar-refractivity contribution in [3.05, 3.63) is 35.9 Å². The van der Waals surface area contributed by atoms with Crippen LogP contribution in [0.4, 0.5) is 0 Å². The molecule has 0 saturated carbocycles. The highest BCUT2D eigenvalue weighted by molar-refractivity contribution is 5.80. The molecule has 3 rings (SSSR count). The van der Waals surface area contributed by atoms with Gasteiger partial charge in [0.1, 0.15) is 6.04 Å². The predicted molar refractivity (Wildman–Crippen MR) is 85.1 cm³/mol. The molecule has 2 aliphatic heterocycles. The number of rotatable bonds is 5. The summed E-state index contributed by atoms with van der Waals surface area (Å²) in [7, 11) is 0. The molecule has 0 bridgehead atoms. The van der Waals surface area contributed by atoms with Gasteiger partial charge in [-0.3, -0.25) is 14.6 Å². The summed E-state index contributed by atoms with van der Waals surface area (Å²) in [5.41, 5.74) is 6.91. The van der Waals surface area contributed by atoms with Crippen molar-refractivity contribution in [2.75, 3.05) is 19.6 Å². The lowest BCUT2D eigenvalue weighted by Crippen LogP contribution is -2.72. The molecular formula is C17H25N3O2. The number of aliphatic hydroxyl groups excluding tert-OH is 1. The average Bonchev–Trinajstić information content (AvgIpc) is 2.82. The van der Waals surface area contributed by atoms with Crippen LogP contribution in [0.1, 0.15) is 25.3 Å². The van der Waals surface area contributed by atoms with Crippen LogP contribution in [-0.4, -0.2) is 58.1 Å². The molecule has 22 heavy (non-hydrogen) atoms. The Labute approximate surface area is 131 Å². The van der Waals surface area contributed by atoms with E-state index in [1.807, 2.05) is 11.0 Å². The van der Waals surface area contributed by atoms with Gasteiger partial charge in [-0.2, -0.15) is 0 Å². The van der Waals surface area contributed by atoms with Gasteiger partial charge in [0, 0.05) is 25.2 Å². The minimum absolute atomic E-state index is 0.151. The van der Waals surface area contributed by atoms with E-state index in [2.05, 4.69) is 29.2 Å². The molecule has 5 nitrogen and oxygen atoms in total. The number of carbonyl (C=O) groups excluding carboxylic acids is 1. The zero-order valence-corrected chi connectivity index (χ0v) is 13.1. The SMILES string of the molecule is CC(O)C(C(N)=O)N1CC2(CCCN2Cc2ccccc2)C1. The van der Waals surface area contributed by atoms with E-state index in [4.69, 9.17) is 5.73 Å². The Hall–Kier alpha value is -1.43. The Kier molecular flexibility index (Phi) is 4.21. The van der Waals surface area contributed by atoms with Gasteiger partial charge in [-0.15, -0.1) is 0 Å². The number of benzene rings is 1. The second kappa shape index (κ2) is 5.99. The Morgan fingerprint density at radius 1 is 1.36 bits per heavy atom. The average molecular weight is 303 g/mol. The molecule has 0 aromatic heterocycles. The minimum Gasteiger partial charge on any atom is -0.391 e. The number of likely N-dealkylation sites (tertiary alicyclic amines) is 2. The fraction of sp³-hybridized carbons (Fsp3) is 0.588. The fourth-order valence-corrected chi connectivity index (χ4v) is 4.03. The lowest BCUT2D eigenvalue weighted by atomic mass is 9.84. The Morgan fingerprint density at radius 3 is 2.64 bits per heavy atom. The Balaban J connectivity index is 1.66. The monoisotopic (exact) mass is 303 g/mol.